The second-order valence-corrected chi connectivity index (χ2v) is 15.9. The van der Waals surface area contributed by atoms with Crippen molar-refractivity contribution < 1.29 is 19.4 Å². The topological polar surface area (TPSA) is 55.8 Å². The number of hydrogen-bond acceptors (Lipinski definition) is 4. The fourth-order valence-corrected chi connectivity index (χ4v) is 11.3. The van der Waals surface area contributed by atoms with Crippen LogP contribution >= 0.6 is 0 Å². The molecule has 1 aromatic rings. The molecule has 1 aliphatic heterocycles. The van der Waals surface area contributed by atoms with Crippen LogP contribution in [0.1, 0.15) is 122 Å². The summed E-state index contributed by atoms with van der Waals surface area (Å²) in [6.07, 6.45) is 15.5. The number of rotatable bonds is 7. The maximum atomic E-state index is 13.1. The summed E-state index contributed by atoms with van der Waals surface area (Å²) in [5.74, 6) is 4.93. The molecule has 41 heavy (non-hydrogen) atoms. The molecular weight excluding hydrogens is 508 g/mol. The Kier molecular flexibility index (Phi) is 8.40. The quantitative estimate of drug-likeness (QED) is 0.338. The summed E-state index contributed by atoms with van der Waals surface area (Å²) >= 11 is 0. The fraction of sp³-hybridized carbons (Fsp3) is 0.811. The van der Waals surface area contributed by atoms with Gasteiger partial charge in [0.25, 0.3) is 0 Å². The summed E-state index contributed by atoms with van der Waals surface area (Å²) in [6.45, 7) is 11.4. The van der Waals surface area contributed by atoms with Gasteiger partial charge in [-0.2, -0.15) is 0 Å². The van der Waals surface area contributed by atoms with E-state index in [-0.39, 0.29) is 12.1 Å². The summed E-state index contributed by atoms with van der Waals surface area (Å²) in [6, 6.07) is 9.51. The largest absolute Gasteiger partial charge is 0.458 e. The molecule has 1 aromatic carbocycles. The highest BCUT2D eigenvalue weighted by molar-refractivity contribution is 5.89. The van der Waals surface area contributed by atoms with Gasteiger partial charge in [-0.1, -0.05) is 39.0 Å². The molecule has 4 aliphatic carbocycles. The molecule has 0 spiro atoms. The maximum Gasteiger partial charge on any atom is 0.338 e. The van der Waals surface area contributed by atoms with Crippen LogP contribution in [-0.4, -0.2) is 36.0 Å². The number of ether oxygens (including phenoxy) is 2. The van der Waals surface area contributed by atoms with E-state index >= 15 is 0 Å². The van der Waals surface area contributed by atoms with Crippen molar-refractivity contribution in [2.24, 2.45) is 52.3 Å². The van der Waals surface area contributed by atoms with Gasteiger partial charge < -0.3 is 14.6 Å². The van der Waals surface area contributed by atoms with Crippen molar-refractivity contribution in [2.75, 3.05) is 13.2 Å². The zero-order valence-corrected chi connectivity index (χ0v) is 26.3. The summed E-state index contributed by atoms with van der Waals surface area (Å²) in [7, 11) is 0. The molecule has 0 amide bonds. The maximum absolute atomic E-state index is 13.1. The van der Waals surface area contributed by atoms with Crippen LogP contribution in [0, 0.1) is 52.3 Å². The molecule has 1 N–H and O–H groups in total. The SMILES string of the molecule is C[C@H](CC[C@H](OC(=O)c1ccccc1)C1CCOCC1)[C@H]1CC[C@H]2[C@@H]3CC[C@H]4C[C@@](C)(O)CC[C@]4(C)[C@H]3CC[C@]12C. The predicted molar refractivity (Wildman–Crippen MR) is 163 cm³/mol. The fourth-order valence-electron chi connectivity index (χ4n) is 11.3. The summed E-state index contributed by atoms with van der Waals surface area (Å²) in [5.41, 5.74) is 1.08. The van der Waals surface area contributed by atoms with Crippen LogP contribution in [0.25, 0.3) is 0 Å². The first-order chi connectivity index (χ1) is 19.6. The molecule has 1 heterocycles. The number of hydrogen-bond donors (Lipinski definition) is 1. The second kappa shape index (κ2) is 11.6. The molecule has 4 heteroatoms. The van der Waals surface area contributed by atoms with E-state index in [1.807, 2.05) is 30.3 Å². The van der Waals surface area contributed by atoms with E-state index in [0.717, 1.165) is 75.4 Å². The lowest BCUT2D eigenvalue weighted by atomic mass is 9.43. The third-order valence-electron chi connectivity index (χ3n) is 13.7. The molecule has 6 rings (SSSR count). The van der Waals surface area contributed by atoms with E-state index < -0.39 is 5.60 Å². The summed E-state index contributed by atoms with van der Waals surface area (Å²) in [5, 5.41) is 10.9. The van der Waals surface area contributed by atoms with Gasteiger partial charge in [-0.25, -0.2) is 4.79 Å². The Balaban J connectivity index is 1.11. The predicted octanol–water partition coefficient (Wildman–Crippen LogP) is 8.46. The van der Waals surface area contributed by atoms with Crippen LogP contribution in [-0.2, 0) is 9.47 Å². The van der Waals surface area contributed by atoms with Gasteiger partial charge in [-0.15, -0.1) is 0 Å². The zero-order chi connectivity index (χ0) is 28.8. The van der Waals surface area contributed by atoms with E-state index in [0.29, 0.717) is 34.1 Å². The minimum atomic E-state index is -0.452. The third kappa shape index (κ3) is 5.66. The number of aliphatic hydroxyl groups is 1. The minimum Gasteiger partial charge on any atom is -0.458 e. The average molecular weight is 565 g/mol. The van der Waals surface area contributed by atoms with Crippen LogP contribution in [0.5, 0.6) is 0 Å². The number of benzene rings is 1. The van der Waals surface area contributed by atoms with Gasteiger partial charge in [0.1, 0.15) is 6.10 Å². The standard InChI is InChI=1S/C37H56O4/c1-25(10-15-33(26-17-22-40-23-18-26)41-34(38)27-8-6-5-7-9-27)30-13-14-31-29-12-11-28-24-35(2,39)20-21-36(28,3)32(29)16-19-37(30,31)4/h5-9,25-26,28-33,39H,10-24H2,1-4H3/t25-,28+,29+,30-,31+,32+,33+,35+,36+,37-/m1/s1. The van der Waals surface area contributed by atoms with Crippen molar-refractivity contribution in [2.45, 2.75) is 123 Å². The monoisotopic (exact) mass is 564 g/mol. The highest BCUT2D eigenvalue weighted by Gasteiger charge is 2.61. The molecule has 0 radical (unpaired) electrons. The van der Waals surface area contributed by atoms with Crippen LogP contribution in [0.15, 0.2) is 30.3 Å². The molecule has 228 valence electrons. The van der Waals surface area contributed by atoms with E-state index in [1.165, 1.54) is 44.9 Å². The Morgan fingerprint density at radius 2 is 1.63 bits per heavy atom. The molecule has 0 unspecified atom stereocenters. The third-order valence-corrected chi connectivity index (χ3v) is 13.7. The Bertz CT molecular complexity index is 1050. The molecule has 4 saturated carbocycles. The first-order valence-electron chi connectivity index (χ1n) is 17.2. The zero-order valence-electron chi connectivity index (χ0n) is 26.3. The van der Waals surface area contributed by atoms with E-state index in [9.17, 15) is 9.90 Å². The lowest BCUT2D eigenvalue weighted by molar-refractivity contribution is -0.148. The lowest BCUT2D eigenvalue weighted by Crippen LogP contribution is -2.55. The molecule has 1 saturated heterocycles. The highest BCUT2D eigenvalue weighted by atomic mass is 16.5. The Hall–Kier alpha value is -1.39. The van der Waals surface area contributed by atoms with Crippen LogP contribution in [0.2, 0.25) is 0 Å². The van der Waals surface area contributed by atoms with Gasteiger partial charge in [0.15, 0.2) is 0 Å². The summed E-state index contributed by atoms with van der Waals surface area (Å²) in [4.78, 5) is 13.1. The Labute approximate surface area is 249 Å². The van der Waals surface area contributed by atoms with Crippen LogP contribution in [0.4, 0.5) is 0 Å². The van der Waals surface area contributed by atoms with Crippen molar-refractivity contribution in [3.8, 4) is 0 Å². The van der Waals surface area contributed by atoms with Gasteiger partial charge in [-0.05, 0) is 149 Å². The van der Waals surface area contributed by atoms with Crippen molar-refractivity contribution >= 4 is 5.97 Å². The smallest absolute Gasteiger partial charge is 0.338 e. The van der Waals surface area contributed by atoms with Crippen molar-refractivity contribution in [3.63, 3.8) is 0 Å². The van der Waals surface area contributed by atoms with Crippen molar-refractivity contribution in [3.05, 3.63) is 35.9 Å². The number of carbonyl (C=O) groups excluding carboxylic acids is 1. The average Bonchev–Trinajstić information content (AvgIpc) is 3.33. The number of esters is 1. The molecule has 5 fully saturated rings. The summed E-state index contributed by atoms with van der Waals surface area (Å²) < 4.78 is 11.9. The molecule has 5 aliphatic rings. The molecule has 0 bridgehead atoms. The highest BCUT2D eigenvalue weighted by Crippen LogP contribution is 2.69. The normalized spacial score (nSPS) is 42.4. The molecule has 0 aromatic heterocycles. The first kappa shape index (κ1) is 29.7. The number of fused-ring (bicyclic) bond motifs is 5. The Morgan fingerprint density at radius 1 is 0.902 bits per heavy atom. The van der Waals surface area contributed by atoms with Crippen molar-refractivity contribution in [1.82, 2.24) is 0 Å². The van der Waals surface area contributed by atoms with E-state index in [1.54, 1.807) is 0 Å². The molecule has 10 atom stereocenters. The lowest BCUT2D eigenvalue weighted by Gasteiger charge is -2.62. The van der Waals surface area contributed by atoms with Gasteiger partial charge in [0, 0.05) is 19.1 Å². The van der Waals surface area contributed by atoms with Crippen LogP contribution < -0.4 is 0 Å². The van der Waals surface area contributed by atoms with Crippen molar-refractivity contribution in [1.29, 1.82) is 0 Å². The van der Waals surface area contributed by atoms with Gasteiger partial charge in [0.05, 0.1) is 11.2 Å². The molecular formula is C37H56O4. The van der Waals surface area contributed by atoms with Gasteiger partial charge in [-0.3, -0.25) is 0 Å². The van der Waals surface area contributed by atoms with E-state index in [4.69, 9.17) is 9.47 Å². The van der Waals surface area contributed by atoms with Gasteiger partial charge in [0.2, 0.25) is 0 Å². The minimum absolute atomic E-state index is 0.0199. The van der Waals surface area contributed by atoms with Gasteiger partial charge >= 0.3 is 5.97 Å². The first-order valence-corrected chi connectivity index (χ1v) is 17.2. The second-order valence-electron chi connectivity index (χ2n) is 15.9. The van der Waals surface area contributed by atoms with Crippen LogP contribution in [0.3, 0.4) is 0 Å². The number of carbonyl (C=O) groups is 1. The van der Waals surface area contributed by atoms with E-state index in [2.05, 4.69) is 27.7 Å². The molecule has 4 nitrogen and oxygen atoms in total. The Morgan fingerprint density at radius 3 is 2.39 bits per heavy atom.